The molecule has 1 aromatic heterocycles. The maximum atomic E-state index is 13.1. The molecule has 0 bridgehead atoms. The van der Waals surface area contributed by atoms with Crippen LogP contribution < -0.4 is 10.2 Å². The van der Waals surface area contributed by atoms with Gasteiger partial charge in [-0.25, -0.2) is 8.42 Å². The van der Waals surface area contributed by atoms with Gasteiger partial charge in [-0.05, 0) is 42.6 Å². The van der Waals surface area contributed by atoms with Crippen LogP contribution in [0.1, 0.15) is 12.5 Å². The number of rotatable bonds is 5. The lowest BCUT2D eigenvalue weighted by atomic mass is 10.1. The van der Waals surface area contributed by atoms with E-state index in [0.29, 0.717) is 31.9 Å². The summed E-state index contributed by atoms with van der Waals surface area (Å²) in [4.78, 5) is 16.1. The number of alkyl halides is 3. The van der Waals surface area contributed by atoms with Gasteiger partial charge in [-0.2, -0.15) is 17.5 Å². The van der Waals surface area contributed by atoms with Crippen LogP contribution in [0.4, 0.5) is 18.9 Å². The molecule has 7 nitrogen and oxygen atoms in total. The van der Waals surface area contributed by atoms with Crippen LogP contribution in [0.25, 0.3) is 0 Å². The summed E-state index contributed by atoms with van der Waals surface area (Å²) in [6.07, 6.45) is -4.43. The summed E-state index contributed by atoms with van der Waals surface area (Å²) < 4.78 is 67.0. The second-order valence-electron chi connectivity index (χ2n) is 8.15. The predicted molar refractivity (Wildman–Crippen MR) is 120 cm³/mol. The van der Waals surface area contributed by atoms with Gasteiger partial charge in [0.05, 0.1) is 17.6 Å². The molecule has 2 saturated heterocycles. The van der Waals surface area contributed by atoms with Crippen LogP contribution in [0.15, 0.2) is 46.0 Å². The SMILES string of the molecule is C[C@H]1C(=O)NCCN1C[C@H]1CN(S(=O)(=O)c2cccs2)CCN1c1ccc(C(F)(F)F)cc1. The molecule has 33 heavy (non-hydrogen) atoms. The third kappa shape index (κ3) is 5.03. The Morgan fingerprint density at radius 3 is 2.48 bits per heavy atom. The molecule has 4 rings (SSSR count). The smallest absolute Gasteiger partial charge is 0.365 e. The van der Waals surface area contributed by atoms with Crippen molar-refractivity contribution in [2.24, 2.45) is 0 Å². The van der Waals surface area contributed by atoms with E-state index in [1.54, 1.807) is 24.4 Å². The Balaban J connectivity index is 1.61. The molecule has 2 atom stereocenters. The van der Waals surface area contributed by atoms with Crippen LogP contribution in [-0.2, 0) is 21.0 Å². The molecule has 2 aliphatic heterocycles. The van der Waals surface area contributed by atoms with Gasteiger partial charge in [-0.1, -0.05) is 6.07 Å². The van der Waals surface area contributed by atoms with Crippen LogP contribution in [0, 0.1) is 0 Å². The first-order valence-electron chi connectivity index (χ1n) is 10.6. The number of sulfonamides is 1. The van der Waals surface area contributed by atoms with Gasteiger partial charge in [-0.3, -0.25) is 9.69 Å². The summed E-state index contributed by atoms with van der Waals surface area (Å²) in [5.74, 6) is -0.0961. The first kappa shape index (κ1) is 24.0. The minimum atomic E-state index is -4.43. The summed E-state index contributed by atoms with van der Waals surface area (Å²) in [5.41, 5.74) is -0.140. The van der Waals surface area contributed by atoms with E-state index >= 15 is 0 Å². The standard InChI is InChI=1S/C21H25F3N4O3S2/c1-15-20(29)25-8-9-26(15)13-18-14-27(33(30,31)19-3-2-12-32-19)10-11-28(18)17-6-4-16(5-7-17)21(22,23)24/h2-7,12,15,18H,8-11,13-14H2,1H3,(H,25,29)/t15-,18-/m0/s1. The van der Waals surface area contributed by atoms with Crippen LogP contribution >= 0.6 is 11.3 Å². The first-order chi connectivity index (χ1) is 15.6. The number of anilines is 1. The van der Waals surface area contributed by atoms with E-state index < -0.39 is 21.8 Å². The van der Waals surface area contributed by atoms with Gasteiger partial charge >= 0.3 is 6.18 Å². The number of benzene rings is 1. The Bertz CT molecular complexity index is 1080. The Hall–Kier alpha value is -2.15. The monoisotopic (exact) mass is 502 g/mol. The number of nitrogens with zero attached hydrogens (tertiary/aromatic N) is 3. The largest absolute Gasteiger partial charge is 0.416 e. The summed E-state index contributed by atoms with van der Waals surface area (Å²) in [7, 11) is -3.67. The molecule has 0 unspecified atom stereocenters. The van der Waals surface area contributed by atoms with Crippen LogP contribution in [0.3, 0.4) is 0 Å². The maximum Gasteiger partial charge on any atom is 0.416 e. The Labute approximate surface area is 194 Å². The highest BCUT2D eigenvalue weighted by atomic mass is 32.2. The molecule has 2 aromatic rings. The molecule has 3 heterocycles. The number of carbonyl (C=O) groups is 1. The van der Waals surface area contributed by atoms with E-state index in [9.17, 15) is 26.4 Å². The zero-order chi connectivity index (χ0) is 23.8. The molecule has 1 aromatic carbocycles. The summed E-state index contributed by atoms with van der Waals surface area (Å²) in [5, 5.41) is 4.51. The number of thiophene rings is 1. The zero-order valence-corrected chi connectivity index (χ0v) is 19.6. The fourth-order valence-corrected chi connectivity index (χ4v) is 6.88. The van der Waals surface area contributed by atoms with Gasteiger partial charge < -0.3 is 10.2 Å². The van der Waals surface area contributed by atoms with Gasteiger partial charge in [0.25, 0.3) is 10.0 Å². The Kier molecular flexibility index (Phi) is 6.72. The minimum Gasteiger partial charge on any atom is -0.365 e. The highest BCUT2D eigenvalue weighted by molar-refractivity contribution is 7.91. The molecular weight excluding hydrogens is 477 g/mol. The number of carbonyl (C=O) groups excluding carboxylic acids is 1. The molecule has 12 heteroatoms. The summed E-state index contributed by atoms with van der Waals surface area (Å²) >= 11 is 1.15. The van der Waals surface area contributed by atoms with Crippen LogP contribution in [0.2, 0.25) is 0 Å². The number of hydrogen-bond donors (Lipinski definition) is 1. The fraction of sp³-hybridized carbons (Fsp3) is 0.476. The lowest BCUT2D eigenvalue weighted by Gasteiger charge is -2.45. The highest BCUT2D eigenvalue weighted by Crippen LogP contribution is 2.32. The number of piperazine rings is 2. The molecule has 2 aliphatic rings. The second-order valence-corrected chi connectivity index (χ2v) is 11.3. The van der Waals surface area contributed by atoms with E-state index in [0.717, 1.165) is 23.5 Å². The zero-order valence-electron chi connectivity index (χ0n) is 18.0. The fourth-order valence-electron chi connectivity index (χ4n) is 4.27. The van der Waals surface area contributed by atoms with Crippen molar-refractivity contribution in [1.82, 2.24) is 14.5 Å². The molecule has 0 spiro atoms. The van der Waals surface area contributed by atoms with Gasteiger partial charge in [0.15, 0.2) is 0 Å². The molecule has 2 fully saturated rings. The van der Waals surface area contributed by atoms with E-state index in [1.807, 2.05) is 9.80 Å². The topological polar surface area (TPSA) is 73.0 Å². The van der Waals surface area contributed by atoms with Gasteiger partial charge in [0.2, 0.25) is 5.91 Å². The lowest BCUT2D eigenvalue weighted by molar-refractivity contribution is -0.137. The molecule has 0 aliphatic carbocycles. The lowest BCUT2D eigenvalue weighted by Crippen LogP contribution is -2.62. The average molecular weight is 503 g/mol. The summed E-state index contributed by atoms with van der Waals surface area (Å²) in [6, 6.07) is 7.46. The molecular formula is C21H25F3N4O3S2. The van der Waals surface area contributed by atoms with E-state index in [2.05, 4.69) is 5.32 Å². The van der Waals surface area contributed by atoms with Crippen molar-refractivity contribution >= 4 is 33.0 Å². The Morgan fingerprint density at radius 1 is 1.12 bits per heavy atom. The predicted octanol–water partition coefficient (Wildman–Crippen LogP) is 2.47. The highest BCUT2D eigenvalue weighted by Gasteiger charge is 2.38. The van der Waals surface area contributed by atoms with Gasteiger partial charge in [0, 0.05) is 45.0 Å². The first-order valence-corrected chi connectivity index (χ1v) is 12.9. The second kappa shape index (κ2) is 9.24. The summed E-state index contributed by atoms with van der Waals surface area (Å²) in [6.45, 7) is 4.02. The molecule has 0 radical (unpaired) electrons. The number of nitrogens with one attached hydrogen (secondary N) is 1. The molecule has 0 saturated carbocycles. The van der Waals surface area contributed by atoms with Crippen LogP contribution in [-0.4, -0.2) is 74.9 Å². The third-order valence-corrected chi connectivity index (χ3v) is 9.37. The minimum absolute atomic E-state index is 0.0961. The average Bonchev–Trinajstić information content (AvgIpc) is 3.32. The van der Waals surface area contributed by atoms with Crippen molar-refractivity contribution in [2.45, 2.75) is 29.4 Å². The van der Waals surface area contributed by atoms with Crippen molar-refractivity contribution in [3.05, 3.63) is 47.3 Å². The van der Waals surface area contributed by atoms with Crippen molar-refractivity contribution in [3.63, 3.8) is 0 Å². The number of amides is 1. The third-order valence-electron chi connectivity index (χ3n) is 6.13. The maximum absolute atomic E-state index is 13.1. The molecule has 180 valence electrons. The van der Waals surface area contributed by atoms with Crippen molar-refractivity contribution in [1.29, 1.82) is 0 Å². The molecule has 1 amide bonds. The molecule has 1 N–H and O–H groups in total. The van der Waals surface area contributed by atoms with Crippen molar-refractivity contribution in [2.75, 3.05) is 44.2 Å². The van der Waals surface area contributed by atoms with E-state index in [-0.39, 0.29) is 35.3 Å². The van der Waals surface area contributed by atoms with Gasteiger partial charge in [-0.15, -0.1) is 11.3 Å². The van der Waals surface area contributed by atoms with E-state index in [4.69, 9.17) is 0 Å². The van der Waals surface area contributed by atoms with Crippen molar-refractivity contribution in [3.8, 4) is 0 Å². The van der Waals surface area contributed by atoms with Gasteiger partial charge in [0.1, 0.15) is 4.21 Å². The van der Waals surface area contributed by atoms with Crippen molar-refractivity contribution < 1.29 is 26.4 Å². The number of halogens is 3. The van der Waals surface area contributed by atoms with Crippen LogP contribution in [0.5, 0.6) is 0 Å². The number of hydrogen-bond acceptors (Lipinski definition) is 6. The normalized spacial score (nSPS) is 23.5. The van der Waals surface area contributed by atoms with E-state index in [1.165, 1.54) is 16.4 Å². The Morgan fingerprint density at radius 2 is 1.85 bits per heavy atom. The quantitative estimate of drug-likeness (QED) is 0.680.